The van der Waals surface area contributed by atoms with Crippen LogP contribution in [-0.4, -0.2) is 11.8 Å². The summed E-state index contributed by atoms with van der Waals surface area (Å²) in [4.78, 5) is 27.8. The Labute approximate surface area is 191 Å². The average Bonchev–Trinajstić information content (AvgIpc) is 3.00. The first kappa shape index (κ1) is 22.4. The van der Waals surface area contributed by atoms with Gasteiger partial charge in [-0.3, -0.25) is 9.59 Å². The lowest BCUT2D eigenvalue weighted by Crippen LogP contribution is -2.32. The molecule has 33 heavy (non-hydrogen) atoms. The van der Waals surface area contributed by atoms with Gasteiger partial charge in [-0.15, -0.1) is 0 Å². The van der Waals surface area contributed by atoms with Crippen molar-refractivity contribution in [2.24, 2.45) is 0 Å². The van der Waals surface area contributed by atoms with E-state index < -0.39 is 23.4 Å². The summed E-state index contributed by atoms with van der Waals surface area (Å²) in [6, 6.07) is 16.2. The van der Waals surface area contributed by atoms with Crippen LogP contribution >= 0.6 is 0 Å². The smallest absolute Gasteiger partial charge is 0.282 e. The molecule has 0 radical (unpaired) electrons. The molecule has 2 amide bonds. The summed E-state index contributed by atoms with van der Waals surface area (Å²) in [5.41, 5.74) is 4.48. The first-order valence-electron chi connectivity index (χ1n) is 10.7. The molecule has 0 spiro atoms. The maximum absolute atomic E-state index is 13.9. The van der Waals surface area contributed by atoms with Crippen molar-refractivity contribution < 1.29 is 18.4 Å². The van der Waals surface area contributed by atoms with Gasteiger partial charge in [0.25, 0.3) is 11.8 Å². The van der Waals surface area contributed by atoms with Crippen LogP contribution in [0.3, 0.4) is 0 Å². The second kappa shape index (κ2) is 8.62. The summed E-state index contributed by atoms with van der Waals surface area (Å²) in [7, 11) is 0. The average molecular weight is 446 g/mol. The van der Waals surface area contributed by atoms with Crippen LogP contribution in [0.1, 0.15) is 42.0 Å². The molecule has 1 N–H and O–H groups in total. The number of carbonyl (C=O) groups excluding carboxylic acids is 2. The van der Waals surface area contributed by atoms with Gasteiger partial charge in [0.2, 0.25) is 0 Å². The number of hydrogen-bond donors (Lipinski definition) is 1. The number of anilines is 2. The SMILES string of the molecule is Cc1ccc(C2=C(Nc3ccc(C(C)C)cc3)C(=O)N(c3ccc(F)c(F)c3)C2=O)c(C)c1. The quantitative estimate of drug-likeness (QED) is 0.482. The van der Waals surface area contributed by atoms with E-state index in [2.05, 4.69) is 19.2 Å². The minimum atomic E-state index is -1.13. The Balaban J connectivity index is 1.82. The van der Waals surface area contributed by atoms with E-state index in [0.717, 1.165) is 33.7 Å². The van der Waals surface area contributed by atoms with Crippen molar-refractivity contribution in [3.63, 3.8) is 0 Å². The molecule has 1 aliphatic heterocycles. The predicted octanol–water partition coefficient (Wildman–Crippen LogP) is 6.10. The number of hydrogen-bond acceptors (Lipinski definition) is 3. The van der Waals surface area contributed by atoms with Gasteiger partial charge in [0.1, 0.15) is 5.70 Å². The molecule has 0 unspecified atom stereocenters. The zero-order valence-electron chi connectivity index (χ0n) is 18.9. The minimum Gasteiger partial charge on any atom is -0.350 e. The number of nitrogens with one attached hydrogen (secondary N) is 1. The second-order valence-corrected chi connectivity index (χ2v) is 8.51. The van der Waals surface area contributed by atoms with Crippen LogP contribution in [0.15, 0.2) is 66.4 Å². The highest BCUT2D eigenvalue weighted by molar-refractivity contribution is 6.46. The van der Waals surface area contributed by atoms with Crippen molar-refractivity contribution in [2.75, 3.05) is 10.2 Å². The molecule has 4 nitrogen and oxygen atoms in total. The maximum atomic E-state index is 13.9. The zero-order chi connectivity index (χ0) is 23.9. The summed E-state index contributed by atoms with van der Waals surface area (Å²) < 4.78 is 27.4. The van der Waals surface area contributed by atoms with Crippen LogP contribution in [0.5, 0.6) is 0 Å². The van der Waals surface area contributed by atoms with Gasteiger partial charge in [0.15, 0.2) is 11.6 Å². The number of carbonyl (C=O) groups is 2. The molecule has 1 aliphatic rings. The largest absolute Gasteiger partial charge is 0.350 e. The van der Waals surface area contributed by atoms with E-state index in [-0.39, 0.29) is 17.0 Å². The van der Waals surface area contributed by atoms with Crippen LogP contribution < -0.4 is 10.2 Å². The molecule has 1 heterocycles. The van der Waals surface area contributed by atoms with Gasteiger partial charge in [-0.1, -0.05) is 49.7 Å². The normalized spacial score (nSPS) is 14.0. The summed E-state index contributed by atoms with van der Waals surface area (Å²) >= 11 is 0. The fourth-order valence-electron chi connectivity index (χ4n) is 3.94. The second-order valence-electron chi connectivity index (χ2n) is 8.51. The van der Waals surface area contributed by atoms with E-state index >= 15 is 0 Å². The van der Waals surface area contributed by atoms with Crippen LogP contribution in [0, 0.1) is 25.5 Å². The Morgan fingerprint density at radius 1 is 0.818 bits per heavy atom. The highest BCUT2D eigenvalue weighted by Gasteiger charge is 2.41. The molecule has 0 aromatic heterocycles. The van der Waals surface area contributed by atoms with E-state index in [9.17, 15) is 18.4 Å². The summed E-state index contributed by atoms with van der Waals surface area (Å²) in [6.45, 7) is 7.97. The molecule has 0 atom stereocenters. The third kappa shape index (κ3) is 4.16. The molecule has 0 bridgehead atoms. The van der Waals surface area contributed by atoms with Crippen molar-refractivity contribution >= 4 is 28.8 Å². The van der Waals surface area contributed by atoms with Crippen molar-refractivity contribution in [3.8, 4) is 0 Å². The molecule has 4 rings (SSSR count). The number of nitrogens with zero attached hydrogens (tertiary/aromatic N) is 1. The van der Waals surface area contributed by atoms with Crippen LogP contribution in [0.2, 0.25) is 0 Å². The first-order chi connectivity index (χ1) is 15.7. The Kier molecular flexibility index (Phi) is 5.85. The van der Waals surface area contributed by atoms with E-state index in [1.54, 1.807) is 6.07 Å². The molecular weight excluding hydrogens is 422 g/mol. The molecule has 0 aliphatic carbocycles. The van der Waals surface area contributed by atoms with Crippen molar-refractivity contribution in [2.45, 2.75) is 33.6 Å². The fourth-order valence-corrected chi connectivity index (χ4v) is 3.94. The molecule has 0 fully saturated rings. The van der Waals surface area contributed by atoms with E-state index in [4.69, 9.17) is 0 Å². The molecule has 3 aromatic rings. The molecular formula is C27H24F2N2O2. The number of aryl methyl sites for hydroxylation is 2. The topological polar surface area (TPSA) is 49.4 Å². The fraction of sp³-hybridized carbons (Fsp3) is 0.185. The van der Waals surface area contributed by atoms with Crippen LogP contribution in [-0.2, 0) is 9.59 Å². The number of amides is 2. The lowest BCUT2D eigenvalue weighted by atomic mass is 9.97. The first-order valence-corrected chi connectivity index (χ1v) is 10.7. The third-order valence-electron chi connectivity index (χ3n) is 5.74. The number of imide groups is 1. The highest BCUT2D eigenvalue weighted by Crippen LogP contribution is 2.35. The van der Waals surface area contributed by atoms with Gasteiger partial charge < -0.3 is 5.32 Å². The maximum Gasteiger partial charge on any atom is 0.282 e. The predicted molar refractivity (Wildman–Crippen MR) is 126 cm³/mol. The molecule has 6 heteroatoms. The summed E-state index contributed by atoms with van der Waals surface area (Å²) in [6.07, 6.45) is 0. The van der Waals surface area contributed by atoms with Crippen molar-refractivity contribution in [1.29, 1.82) is 0 Å². The standard InChI is InChI=1S/C27H24F2N2O2/c1-15(2)18-6-8-19(9-7-18)30-25-24(21-11-5-16(3)13-17(21)4)26(32)31(27(25)33)20-10-12-22(28)23(29)14-20/h5-15,30H,1-4H3. The molecule has 168 valence electrons. The van der Waals surface area contributed by atoms with Crippen molar-refractivity contribution in [3.05, 3.63) is 100 Å². The van der Waals surface area contributed by atoms with Crippen molar-refractivity contribution in [1.82, 2.24) is 0 Å². The van der Waals surface area contributed by atoms with Gasteiger partial charge in [0.05, 0.1) is 11.3 Å². The monoisotopic (exact) mass is 446 g/mol. The highest BCUT2D eigenvalue weighted by atomic mass is 19.2. The van der Waals surface area contributed by atoms with Gasteiger partial charge in [-0.05, 0) is 60.7 Å². The van der Waals surface area contributed by atoms with E-state index in [1.165, 1.54) is 6.07 Å². The molecule has 0 saturated carbocycles. The number of halogens is 2. The number of benzene rings is 3. The Morgan fingerprint density at radius 3 is 2.12 bits per heavy atom. The Hall–Kier alpha value is -3.80. The molecule has 3 aromatic carbocycles. The van der Waals surface area contributed by atoms with Gasteiger partial charge in [-0.2, -0.15) is 0 Å². The van der Waals surface area contributed by atoms with Crippen LogP contribution in [0.25, 0.3) is 5.57 Å². The minimum absolute atomic E-state index is 0.0295. The number of rotatable bonds is 5. The van der Waals surface area contributed by atoms with Gasteiger partial charge >= 0.3 is 0 Å². The van der Waals surface area contributed by atoms with E-state index in [1.807, 2.05) is 50.2 Å². The Bertz CT molecular complexity index is 1290. The lowest BCUT2D eigenvalue weighted by molar-refractivity contribution is -0.120. The van der Waals surface area contributed by atoms with Gasteiger partial charge in [-0.25, -0.2) is 13.7 Å². The zero-order valence-corrected chi connectivity index (χ0v) is 18.9. The third-order valence-corrected chi connectivity index (χ3v) is 5.74. The van der Waals surface area contributed by atoms with Gasteiger partial charge in [0, 0.05) is 11.8 Å². The lowest BCUT2D eigenvalue weighted by Gasteiger charge is -2.16. The summed E-state index contributed by atoms with van der Waals surface area (Å²) in [5, 5.41) is 3.10. The summed E-state index contributed by atoms with van der Waals surface area (Å²) in [5.74, 6) is -3.06. The Morgan fingerprint density at radius 2 is 1.52 bits per heavy atom. The van der Waals surface area contributed by atoms with E-state index in [0.29, 0.717) is 17.2 Å². The van der Waals surface area contributed by atoms with Crippen LogP contribution in [0.4, 0.5) is 20.2 Å². The molecule has 0 saturated heterocycles.